The second kappa shape index (κ2) is 5.32. The highest BCUT2D eigenvalue weighted by Crippen LogP contribution is 2.24. The molecule has 0 aromatic heterocycles. The highest BCUT2D eigenvalue weighted by Gasteiger charge is 2.11. The second-order valence-electron chi connectivity index (χ2n) is 3.46. The van der Waals surface area contributed by atoms with Gasteiger partial charge in [-0.05, 0) is 12.5 Å². The first-order valence-corrected chi connectivity index (χ1v) is 4.99. The molecular formula is C10H15N3O3. The van der Waals surface area contributed by atoms with Gasteiger partial charge in [0.1, 0.15) is 0 Å². The van der Waals surface area contributed by atoms with Gasteiger partial charge in [-0.1, -0.05) is 6.92 Å². The lowest BCUT2D eigenvalue weighted by molar-refractivity contribution is -0.384. The fraction of sp³-hybridized carbons (Fsp3) is 0.400. The van der Waals surface area contributed by atoms with Crippen molar-refractivity contribution in [1.29, 1.82) is 0 Å². The number of nitro groups is 1. The zero-order chi connectivity index (χ0) is 12.1. The van der Waals surface area contributed by atoms with Crippen molar-refractivity contribution in [1.82, 2.24) is 0 Å². The minimum Gasteiger partial charge on any atom is -0.397 e. The summed E-state index contributed by atoms with van der Waals surface area (Å²) in [6.45, 7) is 1.92. The van der Waals surface area contributed by atoms with Gasteiger partial charge >= 0.3 is 0 Å². The average molecular weight is 225 g/mol. The van der Waals surface area contributed by atoms with Crippen LogP contribution in [0.1, 0.15) is 13.3 Å². The first-order valence-electron chi connectivity index (χ1n) is 4.99. The van der Waals surface area contributed by atoms with E-state index in [1.54, 1.807) is 6.07 Å². The van der Waals surface area contributed by atoms with Crippen LogP contribution in [0, 0.1) is 10.1 Å². The van der Waals surface area contributed by atoms with Gasteiger partial charge in [0.25, 0.3) is 5.69 Å². The molecule has 0 aliphatic carbocycles. The maximum absolute atomic E-state index is 10.5. The lowest BCUT2D eigenvalue weighted by atomic mass is 10.2. The highest BCUT2D eigenvalue weighted by atomic mass is 16.6. The van der Waals surface area contributed by atoms with Gasteiger partial charge in [0.05, 0.1) is 22.9 Å². The van der Waals surface area contributed by atoms with E-state index in [0.29, 0.717) is 11.4 Å². The van der Waals surface area contributed by atoms with E-state index in [2.05, 4.69) is 5.32 Å². The van der Waals surface area contributed by atoms with Crippen LogP contribution in [0.4, 0.5) is 17.1 Å². The summed E-state index contributed by atoms with van der Waals surface area (Å²) < 4.78 is 0. The molecule has 16 heavy (non-hydrogen) atoms. The third kappa shape index (κ3) is 2.83. The minimum absolute atomic E-state index is 0.00702. The van der Waals surface area contributed by atoms with E-state index in [-0.39, 0.29) is 18.3 Å². The van der Waals surface area contributed by atoms with Gasteiger partial charge in [-0.3, -0.25) is 10.1 Å². The SMILES string of the molecule is CC[C@H](CO)Nc1ccc([N+](=O)[O-])cc1N. The zero-order valence-electron chi connectivity index (χ0n) is 9.01. The normalized spacial score (nSPS) is 12.1. The molecule has 1 aromatic rings. The van der Waals surface area contributed by atoms with Gasteiger partial charge in [0, 0.05) is 18.2 Å². The van der Waals surface area contributed by atoms with Gasteiger partial charge in [-0.15, -0.1) is 0 Å². The first-order chi connectivity index (χ1) is 7.58. The summed E-state index contributed by atoms with van der Waals surface area (Å²) in [6.07, 6.45) is 0.743. The van der Waals surface area contributed by atoms with Gasteiger partial charge < -0.3 is 16.2 Å². The number of aliphatic hydroxyl groups is 1. The van der Waals surface area contributed by atoms with E-state index < -0.39 is 4.92 Å². The maximum Gasteiger partial charge on any atom is 0.271 e. The van der Waals surface area contributed by atoms with Crippen LogP contribution in [0.25, 0.3) is 0 Å². The number of nitro benzene ring substituents is 1. The number of non-ortho nitro benzene ring substituents is 1. The van der Waals surface area contributed by atoms with Crippen LogP contribution in [-0.4, -0.2) is 22.7 Å². The predicted molar refractivity (Wildman–Crippen MR) is 62.3 cm³/mol. The molecule has 0 bridgehead atoms. The van der Waals surface area contributed by atoms with Gasteiger partial charge in [-0.25, -0.2) is 0 Å². The maximum atomic E-state index is 10.5. The molecule has 6 heteroatoms. The van der Waals surface area contributed by atoms with Gasteiger partial charge in [0.2, 0.25) is 0 Å². The quantitative estimate of drug-likeness (QED) is 0.399. The summed E-state index contributed by atoms with van der Waals surface area (Å²) in [6, 6.07) is 4.13. The number of hydrogen-bond acceptors (Lipinski definition) is 5. The van der Waals surface area contributed by atoms with Crippen LogP contribution in [0.5, 0.6) is 0 Å². The Kier molecular flexibility index (Phi) is 4.07. The highest BCUT2D eigenvalue weighted by molar-refractivity contribution is 5.69. The zero-order valence-corrected chi connectivity index (χ0v) is 9.01. The topological polar surface area (TPSA) is 101 Å². The molecule has 0 saturated heterocycles. The van der Waals surface area contributed by atoms with Crippen molar-refractivity contribution in [2.24, 2.45) is 0 Å². The van der Waals surface area contributed by atoms with Crippen LogP contribution in [0.15, 0.2) is 18.2 Å². The van der Waals surface area contributed by atoms with E-state index in [0.717, 1.165) is 6.42 Å². The van der Waals surface area contributed by atoms with E-state index in [1.807, 2.05) is 6.92 Å². The van der Waals surface area contributed by atoms with Crippen molar-refractivity contribution >= 4 is 17.1 Å². The summed E-state index contributed by atoms with van der Waals surface area (Å²) >= 11 is 0. The van der Waals surface area contributed by atoms with Crippen LogP contribution < -0.4 is 11.1 Å². The molecule has 1 atom stereocenters. The Bertz CT molecular complexity index is 378. The Morgan fingerprint density at radius 1 is 1.62 bits per heavy atom. The first kappa shape index (κ1) is 12.3. The molecule has 0 saturated carbocycles. The summed E-state index contributed by atoms with van der Waals surface area (Å²) in [7, 11) is 0. The second-order valence-corrected chi connectivity index (χ2v) is 3.46. The van der Waals surface area contributed by atoms with Crippen LogP contribution in [0.2, 0.25) is 0 Å². The van der Waals surface area contributed by atoms with Crippen LogP contribution in [0.3, 0.4) is 0 Å². The molecule has 0 aliphatic heterocycles. The number of hydrogen-bond donors (Lipinski definition) is 3. The number of rotatable bonds is 5. The van der Waals surface area contributed by atoms with E-state index in [4.69, 9.17) is 10.8 Å². The van der Waals surface area contributed by atoms with Crippen molar-refractivity contribution in [3.05, 3.63) is 28.3 Å². The summed E-state index contributed by atoms with van der Waals surface area (Å²) in [5, 5.41) is 22.5. The van der Waals surface area contributed by atoms with Crippen LogP contribution in [-0.2, 0) is 0 Å². The standard InChI is InChI=1S/C10H15N3O3/c1-2-7(6-14)12-10-4-3-8(13(15)16)5-9(10)11/h3-5,7,12,14H,2,6,11H2,1H3/t7-/m1/s1. The smallest absolute Gasteiger partial charge is 0.271 e. The number of benzene rings is 1. The Balaban J connectivity index is 2.86. The molecule has 6 nitrogen and oxygen atoms in total. The molecule has 0 amide bonds. The van der Waals surface area contributed by atoms with Crippen LogP contribution >= 0.6 is 0 Å². The van der Waals surface area contributed by atoms with Gasteiger partial charge in [0.15, 0.2) is 0 Å². The average Bonchev–Trinajstić information content (AvgIpc) is 2.27. The van der Waals surface area contributed by atoms with E-state index >= 15 is 0 Å². The lowest BCUT2D eigenvalue weighted by Crippen LogP contribution is -2.23. The van der Waals surface area contributed by atoms with Crippen molar-refractivity contribution in [2.45, 2.75) is 19.4 Å². The molecule has 1 aromatic carbocycles. The Labute approximate surface area is 93.2 Å². The number of nitrogen functional groups attached to an aromatic ring is 1. The van der Waals surface area contributed by atoms with Gasteiger partial charge in [-0.2, -0.15) is 0 Å². The summed E-state index contributed by atoms with van der Waals surface area (Å²) in [5.74, 6) is 0. The molecule has 0 fully saturated rings. The monoisotopic (exact) mass is 225 g/mol. The summed E-state index contributed by atoms with van der Waals surface area (Å²) in [5.41, 5.74) is 6.54. The fourth-order valence-corrected chi connectivity index (χ4v) is 1.29. The molecule has 4 N–H and O–H groups in total. The number of nitrogens with two attached hydrogens (primary N) is 1. The molecule has 0 heterocycles. The van der Waals surface area contributed by atoms with E-state index in [9.17, 15) is 10.1 Å². The predicted octanol–water partition coefficient (Wildman–Crippen LogP) is 1.36. The molecule has 88 valence electrons. The largest absolute Gasteiger partial charge is 0.397 e. The number of anilines is 2. The number of nitrogens with one attached hydrogen (secondary N) is 1. The summed E-state index contributed by atoms with van der Waals surface area (Å²) in [4.78, 5) is 9.99. The molecule has 1 rings (SSSR count). The molecule has 0 spiro atoms. The number of nitrogens with zero attached hydrogens (tertiary/aromatic N) is 1. The third-order valence-electron chi connectivity index (χ3n) is 2.32. The van der Waals surface area contributed by atoms with Crippen molar-refractivity contribution in [2.75, 3.05) is 17.7 Å². The number of aliphatic hydroxyl groups excluding tert-OH is 1. The fourth-order valence-electron chi connectivity index (χ4n) is 1.29. The Hall–Kier alpha value is -1.82. The Morgan fingerprint density at radius 2 is 2.31 bits per heavy atom. The molecule has 0 aliphatic rings. The lowest BCUT2D eigenvalue weighted by Gasteiger charge is -2.16. The molecule has 0 radical (unpaired) electrons. The Morgan fingerprint density at radius 3 is 2.75 bits per heavy atom. The molecule has 0 unspecified atom stereocenters. The third-order valence-corrected chi connectivity index (χ3v) is 2.32. The van der Waals surface area contributed by atoms with E-state index in [1.165, 1.54) is 12.1 Å². The minimum atomic E-state index is -0.497. The van der Waals surface area contributed by atoms with Crippen molar-refractivity contribution < 1.29 is 10.0 Å². The van der Waals surface area contributed by atoms with Crippen molar-refractivity contribution in [3.63, 3.8) is 0 Å². The van der Waals surface area contributed by atoms with Crippen molar-refractivity contribution in [3.8, 4) is 0 Å². The molecular weight excluding hydrogens is 210 g/mol.